The third-order valence-corrected chi connectivity index (χ3v) is 3.14. The van der Waals surface area contributed by atoms with Crippen molar-refractivity contribution in [3.8, 4) is 5.75 Å². The van der Waals surface area contributed by atoms with Crippen LogP contribution >= 0.6 is 0 Å². The maximum Gasteiger partial charge on any atom is 0.295 e. The third-order valence-electron chi connectivity index (χ3n) is 3.14. The number of pyridine rings is 1. The molecule has 2 aromatic rings. The molecule has 6 nitrogen and oxygen atoms in total. The van der Waals surface area contributed by atoms with Crippen LogP contribution in [0.5, 0.6) is 5.75 Å². The van der Waals surface area contributed by atoms with Crippen molar-refractivity contribution in [3.05, 3.63) is 52.3 Å². The number of aromatic nitrogens is 1. The van der Waals surface area contributed by atoms with E-state index in [1.807, 2.05) is 39.0 Å². The van der Waals surface area contributed by atoms with Crippen LogP contribution in [0.25, 0.3) is 0 Å². The van der Waals surface area contributed by atoms with Crippen molar-refractivity contribution in [1.82, 2.24) is 4.98 Å². The predicted molar refractivity (Wildman–Crippen MR) is 90.5 cm³/mol. The number of benzene rings is 1. The summed E-state index contributed by atoms with van der Waals surface area (Å²) in [5.74, 6) is 0.337. The maximum absolute atomic E-state index is 11.3. The van der Waals surface area contributed by atoms with Crippen LogP contribution in [0.3, 0.4) is 0 Å². The molecule has 0 aliphatic carbocycles. The van der Waals surface area contributed by atoms with Crippen molar-refractivity contribution in [2.45, 2.75) is 32.9 Å². The Hall–Kier alpha value is -2.57. The zero-order valence-electron chi connectivity index (χ0n) is 13.3. The van der Waals surface area contributed by atoms with E-state index in [4.69, 9.17) is 12.6 Å². The van der Waals surface area contributed by atoms with Crippen molar-refractivity contribution in [2.75, 3.05) is 5.32 Å². The summed E-state index contributed by atoms with van der Waals surface area (Å²) in [5.41, 5.74) is 1.21. The van der Waals surface area contributed by atoms with Gasteiger partial charge in [0.05, 0.1) is 10.6 Å². The first-order valence-electron chi connectivity index (χ1n) is 7.30. The van der Waals surface area contributed by atoms with Crippen molar-refractivity contribution in [1.29, 1.82) is 0 Å². The third kappa shape index (κ3) is 4.22. The maximum atomic E-state index is 11.3. The lowest BCUT2D eigenvalue weighted by molar-refractivity contribution is -0.383. The molecule has 2 rings (SSSR count). The van der Waals surface area contributed by atoms with E-state index in [1.165, 1.54) is 6.07 Å². The number of rotatable bonds is 6. The zero-order valence-corrected chi connectivity index (χ0v) is 13.3. The van der Waals surface area contributed by atoms with Crippen LogP contribution in [0.15, 0.2) is 36.5 Å². The highest BCUT2D eigenvalue weighted by Gasteiger charge is 2.22. The van der Waals surface area contributed by atoms with Crippen molar-refractivity contribution < 1.29 is 9.66 Å². The Labute approximate surface area is 136 Å². The fourth-order valence-corrected chi connectivity index (χ4v) is 2.16. The first-order valence-corrected chi connectivity index (χ1v) is 7.30. The number of hydrogen-bond donors (Lipinski definition) is 1. The van der Waals surface area contributed by atoms with Crippen LogP contribution < -0.4 is 15.5 Å². The topological polar surface area (TPSA) is 77.3 Å². The van der Waals surface area contributed by atoms with Crippen LogP contribution in [0.1, 0.15) is 32.6 Å². The molecule has 0 aliphatic heterocycles. The second-order valence-corrected chi connectivity index (χ2v) is 5.48. The summed E-state index contributed by atoms with van der Waals surface area (Å²) in [6, 6.07) is 8.41. The minimum absolute atomic E-state index is 0.00447. The van der Waals surface area contributed by atoms with E-state index in [9.17, 15) is 10.1 Å². The molecule has 7 heteroatoms. The van der Waals surface area contributed by atoms with Crippen LogP contribution in [-0.4, -0.2) is 23.8 Å². The summed E-state index contributed by atoms with van der Waals surface area (Å²) >= 11 is 0. The molecule has 0 fully saturated rings. The molecule has 0 amide bonds. The fraction of sp³-hybridized carbons (Fsp3) is 0.312. The van der Waals surface area contributed by atoms with E-state index in [0.717, 1.165) is 5.69 Å². The van der Waals surface area contributed by atoms with E-state index >= 15 is 0 Å². The van der Waals surface area contributed by atoms with Crippen molar-refractivity contribution in [2.24, 2.45) is 0 Å². The molecule has 0 bridgehead atoms. The minimum atomic E-state index is -0.473. The molecule has 0 saturated carbocycles. The van der Waals surface area contributed by atoms with Crippen molar-refractivity contribution >= 4 is 24.7 Å². The zero-order chi connectivity index (χ0) is 17.0. The van der Waals surface area contributed by atoms with Crippen LogP contribution in [0.2, 0.25) is 0 Å². The lowest BCUT2D eigenvalue weighted by Gasteiger charge is -2.20. The summed E-state index contributed by atoms with van der Waals surface area (Å²) in [4.78, 5) is 15.1. The summed E-state index contributed by atoms with van der Waals surface area (Å²) in [5, 5.41) is 14.4. The Balaban J connectivity index is 2.41. The molecule has 1 aromatic carbocycles. The number of ether oxygens (including phenoxy) is 1. The number of nitro groups is 1. The van der Waals surface area contributed by atoms with Crippen LogP contribution in [0.4, 0.5) is 11.4 Å². The molecule has 0 aliphatic rings. The van der Waals surface area contributed by atoms with Gasteiger partial charge in [-0.2, -0.15) is 0 Å². The second kappa shape index (κ2) is 7.13. The Bertz CT molecular complexity index is 692. The van der Waals surface area contributed by atoms with Crippen LogP contribution in [0, 0.1) is 10.1 Å². The van der Waals surface area contributed by atoms with Gasteiger partial charge in [-0.1, -0.05) is 11.5 Å². The van der Waals surface area contributed by atoms with Gasteiger partial charge in [-0.15, -0.1) is 0 Å². The van der Waals surface area contributed by atoms with Gasteiger partial charge < -0.3 is 10.1 Å². The number of nitro benzene ring substituents is 1. The molecule has 2 radical (unpaired) electrons. The lowest BCUT2D eigenvalue weighted by atomic mass is 9.94. The largest absolute Gasteiger partial charge is 0.482 e. The monoisotopic (exact) mass is 311 g/mol. The SMILES string of the molecule is [B]c1cc(OC(C)c2ccccn2)c(NC(C)C)c([N+](=O)[O-])c1. The van der Waals surface area contributed by atoms with Gasteiger partial charge in [-0.25, -0.2) is 0 Å². The molecular formula is C16H18BN3O3. The molecule has 1 aromatic heterocycles. The molecule has 118 valence electrons. The molecule has 0 spiro atoms. The van der Waals surface area contributed by atoms with Gasteiger partial charge in [0.1, 0.15) is 19.7 Å². The molecule has 1 unspecified atom stereocenters. The number of nitrogens with zero attached hydrogens (tertiary/aromatic N) is 2. The number of anilines is 1. The van der Waals surface area contributed by atoms with Gasteiger partial charge in [-0.3, -0.25) is 15.1 Å². The Morgan fingerprint density at radius 1 is 1.30 bits per heavy atom. The average Bonchev–Trinajstić information content (AvgIpc) is 2.49. The summed E-state index contributed by atoms with van der Waals surface area (Å²) in [6.07, 6.45) is 1.30. The van der Waals surface area contributed by atoms with Gasteiger partial charge in [0.2, 0.25) is 0 Å². The van der Waals surface area contributed by atoms with E-state index in [2.05, 4.69) is 10.3 Å². The Morgan fingerprint density at radius 3 is 2.61 bits per heavy atom. The molecule has 1 N–H and O–H groups in total. The van der Waals surface area contributed by atoms with Gasteiger partial charge >= 0.3 is 0 Å². The van der Waals surface area contributed by atoms with E-state index in [0.29, 0.717) is 11.4 Å². The summed E-state index contributed by atoms with van der Waals surface area (Å²) in [6.45, 7) is 5.62. The molecule has 0 saturated heterocycles. The van der Waals surface area contributed by atoms with Crippen LogP contribution in [-0.2, 0) is 0 Å². The molecule has 1 heterocycles. The molecular weight excluding hydrogens is 293 g/mol. The minimum Gasteiger partial charge on any atom is -0.482 e. The van der Waals surface area contributed by atoms with Gasteiger partial charge in [0, 0.05) is 18.3 Å². The molecule has 23 heavy (non-hydrogen) atoms. The van der Waals surface area contributed by atoms with E-state index < -0.39 is 4.92 Å². The van der Waals surface area contributed by atoms with Gasteiger partial charge in [-0.05, 0) is 39.0 Å². The number of hydrogen-bond acceptors (Lipinski definition) is 5. The van der Waals surface area contributed by atoms with E-state index in [1.54, 1.807) is 12.3 Å². The normalized spacial score (nSPS) is 12.0. The second-order valence-electron chi connectivity index (χ2n) is 5.48. The first kappa shape index (κ1) is 16.8. The Kier molecular flexibility index (Phi) is 5.21. The highest BCUT2D eigenvalue weighted by molar-refractivity contribution is 6.33. The fourth-order valence-electron chi connectivity index (χ4n) is 2.16. The first-order chi connectivity index (χ1) is 10.9. The van der Waals surface area contributed by atoms with Gasteiger partial charge in [0.25, 0.3) is 5.69 Å². The van der Waals surface area contributed by atoms with E-state index in [-0.39, 0.29) is 23.3 Å². The van der Waals surface area contributed by atoms with Gasteiger partial charge in [0.15, 0.2) is 5.69 Å². The molecule has 1 atom stereocenters. The highest BCUT2D eigenvalue weighted by Crippen LogP contribution is 2.36. The summed E-state index contributed by atoms with van der Waals surface area (Å²) in [7, 11) is 5.78. The van der Waals surface area contributed by atoms with Crippen molar-refractivity contribution in [3.63, 3.8) is 0 Å². The number of nitrogens with one attached hydrogen (secondary N) is 1. The standard InChI is InChI=1S/C16H18BN3O3/c1-10(2)19-16-14(20(21)22)8-12(17)9-15(16)23-11(3)13-6-4-5-7-18-13/h4-11,19H,1-3H3. The Morgan fingerprint density at radius 2 is 2.04 bits per heavy atom. The quantitative estimate of drug-likeness (QED) is 0.504. The summed E-state index contributed by atoms with van der Waals surface area (Å²) < 4.78 is 5.89. The predicted octanol–water partition coefficient (Wildman–Crippen LogP) is 2.74. The average molecular weight is 311 g/mol. The lowest BCUT2D eigenvalue weighted by Crippen LogP contribution is -2.17. The highest BCUT2D eigenvalue weighted by atomic mass is 16.6. The smallest absolute Gasteiger partial charge is 0.295 e.